The molecule has 132 valence electrons. The van der Waals surface area contributed by atoms with E-state index in [4.69, 9.17) is 0 Å². The third-order valence-electron chi connectivity index (χ3n) is 2.96. The van der Waals surface area contributed by atoms with Crippen LogP contribution in [-0.2, 0) is 4.79 Å². The number of rotatable bonds is 6. The third kappa shape index (κ3) is 4.49. The average Bonchev–Trinajstić information content (AvgIpc) is 3.08. The quantitative estimate of drug-likeness (QED) is 0.281. The van der Waals surface area contributed by atoms with Crippen LogP contribution in [0.5, 0.6) is 0 Å². The second kappa shape index (κ2) is 7.84. The molecule has 1 aromatic carbocycles. The molecule has 0 aliphatic heterocycles. The van der Waals surface area contributed by atoms with Crippen LogP contribution in [0.25, 0.3) is 10.6 Å². The number of anilines is 1. The molecule has 0 saturated heterocycles. The summed E-state index contributed by atoms with van der Waals surface area (Å²) in [7, 11) is 0. The van der Waals surface area contributed by atoms with Crippen molar-refractivity contribution < 1.29 is 9.72 Å². The summed E-state index contributed by atoms with van der Waals surface area (Å²) >= 11 is 2.17. The van der Waals surface area contributed by atoms with Gasteiger partial charge in [-0.15, -0.1) is 10.2 Å². The highest BCUT2D eigenvalue weighted by atomic mass is 32.2. The van der Waals surface area contributed by atoms with Crippen LogP contribution in [-0.4, -0.2) is 36.7 Å². The van der Waals surface area contributed by atoms with Gasteiger partial charge in [-0.3, -0.25) is 25.0 Å². The highest BCUT2D eigenvalue weighted by Crippen LogP contribution is 2.28. The van der Waals surface area contributed by atoms with Gasteiger partial charge in [0, 0.05) is 30.0 Å². The van der Waals surface area contributed by atoms with Crippen LogP contribution >= 0.6 is 23.1 Å². The molecule has 2 heterocycles. The van der Waals surface area contributed by atoms with Crippen LogP contribution in [0.3, 0.4) is 0 Å². The van der Waals surface area contributed by atoms with Crippen molar-refractivity contribution in [3.63, 3.8) is 0 Å². The molecule has 2 N–H and O–H groups in total. The molecule has 0 fully saturated rings. The van der Waals surface area contributed by atoms with Gasteiger partial charge in [0.1, 0.15) is 5.01 Å². The number of nitro groups is 1. The minimum atomic E-state index is -0.494. The van der Waals surface area contributed by atoms with Crippen molar-refractivity contribution in [1.82, 2.24) is 20.2 Å². The zero-order valence-corrected chi connectivity index (χ0v) is 14.5. The predicted molar refractivity (Wildman–Crippen MR) is 96.2 cm³/mol. The second-order valence-corrected chi connectivity index (χ2v) is 6.74. The van der Waals surface area contributed by atoms with Gasteiger partial charge in [-0.1, -0.05) is 35.2 Å². The van der Waals surface area contributed by atoms with Gasteiger partial charge in [0.15, 0.2) is 5.16 Å². The highest BCUT2D eigenvalue weighted by molar-refractivity contribution is 7.99. The van der Waals surface area contributed by atoms with Crippen LogP contribution < -0.4 is 10.9 Å². The second-order valence-electron chi connectivity index (χ2n) is 4.80. The summed E-state index contributed by atoms with van der Waals surface area (Å²) in [6.07, 6.45) is 1.36. The third-order valence-corrected chi connectivity index (χ3v) is 4.74. The van der Waals surface area contributed by atoms with E-state index in [2.05, 4.69) is 25.5 Å². The lowest BCUT2D eigenvalue weighted by molar-refractivity contribution is -0.384. The Labute approximate surface area is 153 Å². The number of thioether (sulfide) groups is 1. The van der Waals surface area contributed by atoms with Crippen LogP contribution in [0.1, 0.15) is 0 Å². The van der Waals surface area contributed by atoms with E-state index in [-0.39, 0.29) is 28.0 Å². The first-order valence-corrected chi connectivity index (χ1v) is 8.88. The zero-order valence-electron chi connectivity index (χ0n) is 12.9. The molecule has 0 radical (unpaired) electrons. The maximum absolute atomic E-state index is 12.0. The molecule has 0 atom stereocenters. The predicted octanol–water partition coefficient (Wildman–Crippen LogP) is 1.93. The number of H-pyrrole nitrogens is 1. The first kappa shape index (κ1) is 17.7. The van der Waals surface area contributed by atoms with Crippen molar-refractivity contribution in [2.24, 2.45) is 0 Å². The van der Waals surface area contributed by atoms with E-state index >= 15 is 0 Å². The molecule has 10 nitrogen and oxygen atoms in total. The van der Waals surface area contributed by atoms with E-state index in [1.807, 2.05) is 0 Å². The molecule has 0 aliphatic rings. The Balaban J connectivity index is 1.63. The number of nitrogens with zero attached hydrogens (tertiary/aromatic N) is 4. The van der Waals surface area contributed by atoms with Gasteiger partial charge in [-0.05, 0) is 0 Å². The summed E-state index contributed by atoms with van der Waals surface area (Å²) in [6.45, 7) is 0. The van der Waals surface area contributed by atoms with Crippen LogP contribution in [0.2, 0.25) is 0 Å². The van der Waals surface area contributed by atoms with E-state index in [0.717, 1.165) is 23.1 Å². The van der Waals surface area contributed by atoms with Gasteiger partial charge in [0.2, 0.25) is 11.0 Å². The Morgan fingerprint density at radius 3 is 2.96 bits per heavy atom. The number of carbonyl (C=O) groups is 1. The molecule has 0 saturated carbocycles. The summed E-state index contributed by atoms with van der Waals surface area (Å²) in [6, 6.07) is 7.27. The fraction of sp³-hybridized carbons (Fsp3) is 0.0714. The monoisotopic (exact) mass is 390 g/mol. The van der Waals surface area contributed by atoms with Gasteiger partial charge in [0.05, 0.1) is 10.7 Å². The Kier molecular flexibility index (Phi) is 5.34. The van der Waals surface area contributed by atoms with Crippen LogP contribution in [0.4, 0.5) is 10.8 Å². The molecule has 12 heteroatoms. The lowest BCUT2D eigenvalue weighted by Crippen LogP contribution is -2.15. The minimum Gasteiger partial charge on any atom is -0.301 e. The van der Waals surface area contributed by atoms with E-state index in [1.165, 1.54) is 24.4 Å². The summed E-state index contributed by atoms with van der Waals surface area (Å²) in [5.41, 5.74) is 0.190. The van der Waals surface area contributed by atoms with Gasteiger partial charge in [-0.25, -0.2) is 4.98 Å². The van der Waals surface area contributed by atoms with E-state index < -0.39 is 4.92 Å². The molecule has 0 aliphatic carbocycles. The van der Waals surface area contributed by atoms with Gasteiger partial charge in [0.25, 0.3) is 11.2 Å². The van der Waals surface area contributed by atoms with Crippen molar-refractivity contribution in [3.05, 3.63) is 57.0 Å². The van der Waals surface area contributed by atoms with Crippen LogP contribution in [0, 0.1) is 10.1 Å². The number of aromatic amines is 1. The number of amides is 1. The SMILES string of the molecule is O=C(CSc1nccc(=O)[nH]1)Nc1nnc(-c2cccc([N+](=O)[O-])c2)s1. The van der Waals surface area contributed by atoms with Crippen molar-refractivity contribution in [3.8, 4) is 10.6 Å². The molecule has 3 rings (SSSR count). The zero-order chi connectivity index (χ0) is 18.5. The minimum absolute atomic E-state index is 0.0265. The maximum atomic E-state index is 12.0. The van der Waals surface area contributed by atoms with Gasteiger partial charge in [-0.2, -0.15) is 0 Å². The number of benzene rings is 1. The molecule has 2 aromatic heterocycles. The molecule has 0 unspecified atom stereocenters. The van der Waals surface area contributed by atoms with Gasteiger partial charge < -0.3 is 4.98 Å². The maximum Gasteiger partial charge on any atom is 0.270 e. The first-order valence-electron chi connectivity index (χ1n) is 7.07. The number of hydrogen-bond acceptors (Lipinski definition) is 9. The van der Waals surface area contributed by atoms with Crippen molar-refractivity contribution in [1.29, 1.82) is 0 Å². The Morgan fingerprint density at radius 2 is 2.19 bits per heavy atom. The Bertz CT molecular complexity index is 1020. The van der Waals surface area contributed by atoms with Crippen LogP contribution in [0.15, 0.2) is 46.5 Å². The largest absolute Gasteiger partial charge is 0.301 e. The summed E-state index contributed by atoms with van der Waals surface area (Å²) < 4.78 is 0. The average molecular weight is 390 g/mol. The molecule has 26 heavy (non-hydrogen) atoms. The lowest BCUT2D eigenvalue weighted by atomic mass is 10.2. The number of carbonyl (C=O) groups excluding carboxylic acids is 1. The molecule has 3 aromatic rings. The topological polar surface area (TPSA) is 144 Å². The highest BCUT2D eigenvalue weighted by Gasteiger charge is 2.13. The number of nitrogens with one attached hydrogen (secondary N) is 2. The van der Waals surface area contributed by atoms with E-state index in [9.17, 15) is 19.7 Å². The summed E-state index contributed by atoms with van der Waals surface area (Å²) in [5.74, 6) is -0.318. The standard InChI is InChI=1S/C14H10N6O4S2/c21-10-4-5-15-13(16-10)25-7-11(22)17-14-19-18-12(26-14)8-2-1-3-9(6-8)20(23)24/h1-6H,7H2,(H,15,16,21)(H,17,19,22). The van der Waals surface area contributed by atoms with Crippen molar-refractivity contribution >= 4 is 39.8 Å². The summed E-state index contributed by atoms with van der Waals surface area (Å²) in [5, 5.41) is 22.3. The van der Waals surface area contributed by atoms with E-state index in [0.29, 0.717) is 15.7 Å². The Morgan fingerprint density at radius 1 is 1.35 bits per heavy atom. The normalized spacial score (nSPS) is 10.5. The number of hydrogen-bond donors (Lipinski definition) is 2. The molecule has 0 spiro atoms. The number of non-ortho nitro benzene ring substituents is 1. The van der Waals surface area contributed by atoms with E-state index in [1.54, 1.807) is 12.1 Å². The fourth-order valence-electron chi connectivity index (χ4n) is 1.86. The van der Waals surface area contributed by atoms with Crippen molar-refractivity contribution in [2.45, 2.75) is 5.16 Å². The summed E-state index contributed by atoms with van der Waals surface area (Å²) in [4.78, 5) is 39.9. The first-order chi connectivity index (χ1) is 12.5. The number of aromatic nitrogens is 4. The lowest BCUT2D eigenvalue weighted by Gasteiger charge is -2.00. The Hall–Kier alpha value is -3.12. The molecule has 0 bridgehead atoms. The molecular formula is C14H10N6O4S2. The van der Waals surface area contributed by atoms with Gasteiger partial charge >= 0.3 is 0 Å². The number of nitro benzene ring substituents is 1. The molecular weight excluding hydrogens is 380 g/mol. The smallest absolute Gasteiger partial charge is 0.270 e. The molecule has 1 amide bonds. The fourth-order valence-corrected chi connectivity index (χ4v) is 3.26. The van der Waals surface area contributed by atoms with Crippen molar-refractivity contribution in [2.75, 3.05) is 11.1 Å².